The molecule has 0 spiro atoms. The van der Waals surface area contributed by atoms with Gasteiger partial charge in [0.2, 0.25) is 0 Å². The van der Waals surface area contributed by atoms with Crippen molar-refractivity contribution in [3.8, 4) is 0 Å². The molecule has 0 aromatic heterocycles. The third-order valence-corrected chi connectivity index (χ3v) is 2.75. The Bertz CT molecular complexity index is 169. The summed E-state index contributed by atoms with van der Waals surface area (Å²) in [6.07, 6.45) is 10.0. The Kier molecular flexibility index (Phi) is 51.9. The van der Waals surface area contributed by atoms with Gasteiger partial charge in [0.05, 0.1) is 0 Å². The van der Waals surface area contributed by atoms with Crippen LogP contribution in [-0.4, -0.2) is 6.04 Å². The van der Waals surface area contributed by atoms with Crippen LogP contribution in [0.15, 0.2) is 0 Å². The summed E-state index contributed by atoms with van der Waals surface area (Å²) in [4.78, 5) is 0. The van der Waals surface area contributed by atoms with Crippen LogP contribution in [0.25, 0.3) is 0 Å². The quantitative estimate of drug-likeness (QED) is 0.494. The lowest BCUT2D eigenvalue weighted by Gasteiger charge is -2.28. The molecule has 0 aliphatic heterocycles. The molecule has 0 atom stereocenters. The van der Waals surface area contributed by atoms with Crippen LogP contribution in [0.1, 0.15) is 162 Å². The first-order valence-electron chi connectivity index (χ1n) is 12.5. The van der Waals surface area contributed by atoms with E-state index in [1.807, 2.05) is 13.8 Å². The molecule has 0 rings (SSSR count). The van der Waals surface area contributed by atoms with Crippen molar-refractivity contribution in [2.45, 2.75) is 168 Å². The summed E-state index contributed by atoms with van der Waals surface area (Å²) in [5.74, 6) is 0. The zero-order valence-electron chi connectivity index (χ0n) is 23.8. The molecule has 0 amide bonds. The van der Waals surface area contributed by atoms with E-state index in [2.05, 4.69) is 96.9 Å². The summed E-state index contributed by atoms with van der Waals surface area (Å²) < 4.78 is 0. The number of hydrogen-bond acceptors (Lipinski definition) is 1. The largest absolute Gasteiger partial charge is 0.328 e. The third-order valence-electron chi connectivity index (χ3n) is 2.75. The SMILES string of the molecule is CC.CC(C)(C)CC(N)CC(C)(C)C.CCC.CCC.CCCC.CCCC. The Morgan fingerprint density at radius 3 is 0.714 bits per heavy atom. The summed E-state index contributed by atoms with van der Waals surface area (Å²) in [7, 11) is 0. The van der Waals surface area contributed by atoms with E-state index in [0.29, 0.717) is 16.9 Å². The van der Waals surface area contributed by atoms with Gasteiger partial charge in [-0.2, -0.15) is 0 Å². The highest BCUT2D eigenvalue weighted by atomic mass is 14.6. The Labute approximate surface area is 185 Å². The van der Waals surface area contributed by atoms with Crippen LogP contribution in [0.4, 0.5) is 0 Å². The number of unbranched alkanes of at least 4 members (excludes halogenated alkanes) is 2. The van der Waals surface area contributed by atoms with Crippen LogP contribution in [0.3, 0.4) is 0 Å². The first kappa shape index (κ1) is 42.1. The van der Waals surface area contributed by atoms with Crippen molar-refractivity contribution in [1.82, 2.24) is 0 Å². The smallest absolute Gasteiger partial charge is 0.00487 e. The average molecular weight is 406 g/mol. The van der Waals surface area contributed by atoms with E-state index in [-0.39, 0.29) is 0 Å². The van der Waals surface area contributed by atoms with Gasteiger partial charge < -0.3 is 5.73 Å². The number of hydrogen-bond donors (Lipinski definition) is 1. The lowest BCUT2D eigenvalue weighted by Crippen LogP contribution is -2.30. The zero-order valence-corrected chi connectivity index (χ0v) is 23.8. The van der Waals surface area contributed by atoms with Gasteiger partial charge in [0, 0.05) is 6.04 Å². The van der Waals surface area contributed by atoms with Gasteiger partial charge in [0.25, 0.3) is 0 Å². The fourth-order valence-corrected chi connectivity index (χ4v) is 1.65. The second-order valence-corrected chi connectivity index (χ2v) is 9.70. The minimum absolute atomic E-state index is 0.352. The van der Waals surface area contributed by atoms with Gasteiger partial charge in [0.1, 0.15) is 0 Å². The van der Waals surface area contributed by atoms with Crippen LogP contribution < -0.4 is 5.73 Å². The van der Waals surface area contributed by atoms with E-state index in [9.17, 15) is 0 Å². The molecule has 180 valence electrons. The van der Waals surface area contributed by atoms with Crippen molar-refractivity contribution >= 4 is 0 Å². The van der Waals surface area contributed by atoms with E-state index >= 15 is 0 Å². The molecule has 1 heteroatoms. The molecular weight excluding hydrogens is 338 g/mol. The van der Waals surface area contributed by atoms with Gasteiger partial charge in [-0.05, 0) is 23.7 Å². The molecule has 0 saturated heterocycles. The van der Waals surface area contributed by atoms with Crippen molar-refractivity contribution in [1.29, 1.82) is 0 Å². The van der Waals surface area contributed by atoms with Gasteiger partial charge in [0.15, 0.2) is 0 Å². The molecule has 28 heavy (non-hydrogen) atoms. The minimum atomic E-state index is 0.352. The zero-order chi connectivity index (χ0) is 24.2. The Hall–Kier alpha value is -0.0400. The van der Waals surface area contributed by atoms with Crippen molar-refractivity contribution in [3.05, 3.63) is 0 Å². The topological polar surface area (TPSA) is 26.0 Å². The molecule has 0 heterocycles. The molecule has 0 radical (unpaired) electrons. The number of nitrogens with two attached hydrogens (primary N) is 1. The normalized spacial score (nSPS) is 9.64. The highest BCUT2D eigenvalue weighted by molar-refractivity contribution is 4.76. The van der Waals surface area contributed by atoms with E-state index in [1.54, 1.807) is 0 Å². The molecule has 2 N–H and O–H groups in total. The molecular formula is C27H67N. The molecule has 1 nitrogen and oxygen atoms in total. The molecule has 0 aliphatic carbocycles. The molecule has 0 fully saturated rings. The summed E-state index contributed by atoms with van der Waals surface area (Å²) in [6, 6.07) is 0.352. The summed E-state index contributed by atoms with van der Waals surface area (Å²) >= 11 is 0. The molecule has 0 saturated carbocycles. The number of rotatable bonds is 4. The predicted octanol–water partition coefficient (Wildman–Crippen LogP) is 10.7. The average Bonchev–Trinajstić information content (AvgIpc) is 2.55. The first-order valence-corrected chi connectivity index (χ1v) is 12.5. The Balaban J connectivity index is -0.0000000625. The third kappa shape index (κ3) is 113. The van der Waals surface area contributed by atoms with Crippen molar-refractivity contribution in [2.75, 3.05) is 0 Å². The molecule has 0 aromatic rings. The van der Waals surface area contributed by atoms with Crippen LogP contribution >= 0.6 is 0 Å². The van der Waals surface area contributed by atoms with Crippen LogP contribution in [0.2, 0.25) is 0 Å². The fourth-order valence-electron chi connectivity index (χ4n) is 1.65. The highest BCUT2D eigenvalue weighted by Crippen LogP contribution is 2.27. The van der Waals surface area contributed by atoms with E-state index in [0.717, 1.165) is 12.8 Å². The lowest BCUT2D eigenvalue weighted by atomic mass is 9.81. The predicted molar refractivity (Wildman–Crippen MR) is 141 cm³/mol. The first-order chi connectivity index (χ1) is 12.8. The second-order valence-electron chi connectivity index (χ2n) is 9.70. The van der Waals surface area contributed by atoms with E-state index in [4.69, 9.17) is 5.73 Å². The molecule has 0 unspecified atom stereocenters. The molecule has 0 aromatic carbocycles. The van der Waals surface area contributed by atoms with Gasteiger partial charge in [-0.15, -0.1) is 0 Å². The standard InChI is InChI=1S/C11H25N.2C4H10.2C3H8.C2H6/c1-10(2,3)7-9(12)8-11(4,5)6;2*1-3-4-2;2*1-3-2;1-2/h9H,7-8,12H2,1-6H3;2*3-4H2,1-2H3;2*3H2,1-2H3;1-2H3. The van der Waals surface area contributed by atoms with Gasteiger partial charge in [-0.1, -0.05) is 149 Å². The van der Waals surface area contributed by atoms with Crippen molar-refractivity contribution < 1.29 is 0 Å². The summed E-state index contributed by atoms with van der Waals surface area (Å²) in [5.41, 5.74) is 6.78. The maximum atomic E-state index is 6.05. The summed E-state index contributed by atoms with van der Waals surface area (Å²) in [5, 5.41) is 0. The second kappa shape index (κ2) is 34.5. The lowest BCUT2D eigenvalue weighted by molar-refractivity contribution is 0.270. The van der Waals surface area contributed by atoms with Crippen LogP contribution in [-0.2, 0) is 0 Å². The van der Waals surface area contributed by atoms with Gasteiger partial charge >= 0.3 is 0 Å². The van der Waals surface area contributed by atoms with E-state index < -0.39 is 0 Å². The van der Waals surface area contributed by atoms with Crippen molar-refractivity contribution in [3.63, 3.8) is 0 Å². The fraction of sp³-hybridized carbons (Fsp3) is 1.00. The maximum Gasteiger partial charge on any atom is 0.00487 e. The van der Waals surface area contributed by atoms with Crippen LogP contribution in [0.5, 0.6) is 0 Å². The van der Waals surface area contributed by atoms with Crippen molar-refractivity contribution in [2.24, 2.45) is 16.6 Å². The van der Waals surface area contributed by atoms with Gasteiger partial charge in [-0.25, -0.2) is 0 Å². The summed E-state index contributed by atoms with van der Waals surface area (Å²) in [6.45, 7) is 34.7. The van der Waals surface area contributed by atoms with Gasteiger partial charge in [-0.3, -0.25) is 0 Å². The molecule has 0 bridgehead atoms. The maximum absolute atomic E-state index is 6.05. The minimum Gasteiger partial charge on any atom is -0.328 e. The Morgan fingerprint density at radius 1 is 0.500 bits per heavy atom. The van der Waals surface area contributed by atoms with Crippen LogP contribution in [0, 0.1) is 10.8 Å². The molecule has 0 aliphatic rings. The monoisotopic (exact) mass is 406 g/mol. The Morgan fingerprint density at radius 2 is 0.643 bits per heavy atom. The van der Waals surface area contributed by atoms with E-state index in [1.165, 1.54) is 38.5 Å². The highest BCUT2D eigenvalue weighted by Gasteiger charge is 2.20.